The smallest absolute Gasteiger partial charge is 0.274 e. The van der Waals surface area contributed by atoms with E-state index in [1.807, 2.05) is 6.92 Å². The number of amides is 1. The van der Waals surface area contributed by atoms with Crippen molar-refractivity contribution < 1.29 is 9.72 Å². The molecule has 114 valence electrons. The first-order valence-corrected chi connectivity index (χ1v) is 7.13. The number of nitro groups is 1. The molecular weight excluding hydrogens is 270 g/mol. The molecular formula is C15H21N3O3. The number of piperidine rings is 1. The predicted octanol–water partition coefficient (Wildman–Crippen LogP) is 1.94. The number of para-hydroxylation sites is 1. The van der Waals surface area contributed by atoms with Crippen LogP contribution >= 0.6 is 0 Å². The quantitative estimate of drug-likeness (QED) is 0.679. The van der Waals surface area contributed by atoms with Crippen molar-refractivity contribution in [1.82, 2.24) is 10.2 Å². The van der Waals surface area contributed by atoms with Crippen LogP contribution in [-0.4, -0.2) is 35.9 Å². The van der Waals surface area contributed by atoms with Gasteiger partial charge in [-0.05, 0) is 26.3 Å². The lowest BCUT2D eigenvalue weighted by Gasteiger charge is -2.36. The van der Waals surface area contributed by atoms with Gasteiger partial charge in [0, 0.05) is 25.2 Å². The van der Waals surface area contributed by atoms with Gasteiger partial charge in [0.1, 0.15) is 0 Å². The first-order chi connectivity index (χ1) is 9.94. The molecule has 0 radical (unpaired) electrons. The number of rotatable bonds is 4. The van der Waals surface area contributed by atoms with E-state index in [9.17, 15) is 14.9 Å². The molecule has 1 aromatic carbocycles. The van der Waals surface area contributed by atoms with Crippen LogP contribution in [0.3, 0.4) is 0 Å². The lowest BCUT2D eigenvalue weighted by Crippen LogP contribution is -2.49. The first kappa shape index (κ1) is 15.4. The van der Waals surface area contributed by atoms with Gasteiger partial charge in [-0.2, -0.15) is 0 Å². The molecule has 1 aliphatic heterocycles. The van der Waals surface area contributed by atoms with Crippen LogP contribution in [0.25, 0.3) is 0 Å². The van der Waals surface area contributed by atoms with E-state index in [0.29, 0.717) is 12.1 Å². The van der Waals surface area contributed by atoms with Crippen LogP contribution in [0.4, 0.5) is 5.69 Å². The van der Waals surface area contributed by atoms with Crippen molar-refractivity contribution in [3.63, 3.8) is 0 Å². The molecule has 1 amide bonds. The van der Waals surface area contributed by atoms with Crippen LogP contribution in [0.1, 0.15) is 25.3 Å². The fourth-order valence-electron chi connectivity index (χ4n) is 2.85. The molecule has 1 aromatic rings. The first-order valence-electron chi connectivity index (χ1n) is 7.13. The molecule has 1 saturated heterocycles. The number of hydrogen-bond acceptors (Lipinski definition) is 4. The normalized spacial score (nSPS) is 21.8. The average Bonchev–Trinajstić information content (AvgIpc) is 2.47. The average molecular weight is 291 g/mol. The molecule has 1 heterocycles. The highest BCUT2D eigenvalue weighted by Crippen LogP contribution is 2.29. The van der Waals surface area contributed by atoms with Gasteiger partial charge in [-0.15, -0.1) is 0 Å². The largest absolute Gasteiger partial charge is 0.341 e. The van der Waals surface area contributed by atoms with Crippen molar-refractivity contribution in [1.29, 1.82) is 0 Å². The SMILES string of the molecule is CN(Cc1ccccc1[N+](=O)[O-])C(=O)C1(C)CCCNC1. The van der Waals surface area contributed by atoms with Crippen LogP contribution in [0.5, 0.6) is 0 Å². The highest BCUT2D eigenvalue weighted by Gasteiger charge is 2.36. The minimum Gasteiger partial charge on any atom is -0.341 e. The number of nitrogens with zero attached hydrogens (tertiary/aromatic N) is 2. The Morgan fingerprint density at radius 2 is 2.19 bits per heavy atom. The van der Waals surface area contributed by atoms with E-state index in [2.05, 4.69) is 5.32 Å². The highest BCUT2D eigenvalue weighted by molar-refractivity contribution is 5.82. The summed E-state index contributed by atoms with van der Waals surface area (Å²) in [5, 5.41) is 14.3. The van der Waals surface area contributed by atoms with Crippen molar-refractivity contribution in [3.05, 3.63) is 39.9 Å². The maximum absolute atomic E-state index is 12.6. The number of carbonyl (C=O) groups excluding carboxylic acids is 1. The minimum atomic E-state index is -0.420. The molecule has 0 aliphatic carbocycles. The van der Waals surface area contributed by atoms with Gasteiger partial charge in [0.05, 0.1) is 16.9 Å². The molecule has 1 aliphatic rings. The second-order valence-electron chi connectivity index (χ2n) is 5.89. The second-order valence-corrected chi connectivity index (χ2v) is 5.89. The zero-order valence-corrected chi connectivity index (χ0v) is 12.5. The zero-order valence-electron chi connectivity index (χ0n) is 12.5. The summed E-state index contributed by atoms with van der Waals surface area (Å²) in [6.07, 6.45) is 1.82. The molecule has 0 saturated carbocycles. The summed E-state index contributed by atoms with van der Waals surface area (Å²) in [4.78, 5) is 24.8. The molecule has 21 heavy (non-hydrogen) atoms. The zero-order chi connectivity index (χ0) is 15.5. The fraction of sp³-hybridized carbons (Fsp3) is 0.533. The molecule has 0 bridgehead atoms. The molecule has 1 N–H and O–H groups in total. The molecule has 1 fully saturated rings. The number of nitrogens with one attached hydrogen (secondary N) is 1. The molecule has 6 heteroatoms. The van der Waals surface area contributed by atoms with Gasteiger partial charge in [-0.1, -0.05) is 18.2 Å². The number of benzene rings is 1. The minimum absolute atomic E-state index is 0.0350. The standard InChI is InChI=1S/C15H21N3O3/c1-15(8-5-9-16-11-15)14(19)17(2)10-12-6-3-4-7-13(12)18(20)21/h3-4,6-7,16H,5,8-11H2,1-2H3. The summed E-state index contributed by atoms with van der Waals surface area (Å²) >= 11 is 0. The van der Waals surface area contributed by atoms with Gasteiger partial charge in [-0.25, -0.2) is 0 Å². The second kappa shape index (κ2) is 6.22. The third-order valence-electron chi connectivity index (χ3n) is 4.06. The van der Waals surface area contributed by atoms with Gasteiger partial charge in [0.2, 0.25) is 5.91 Å². The van der Waals surface area contributed by atoms with E-state index in [-0.39, 0.29) is 18.1 Å². The summed E-state index contributed by atoms with van der Waals surface area (Å²) < 4.78 is 0. The lowest BCUT2D eigenvalue weighted by atomic mass is 9.81. The van der Waals surface area contributed by atoms with Crippen LogP contribution in [0, 0.1) is 15.5 Å². The van der Waals surface area contributed by atoms with Crippen molar-refractivity contribution in [2.24, 2.45) is 5.41 Å². The summed E-state index contributed by atoms with van der Waals surface area (Å²) in [5.41, 5.74) is 0.200. The van der Waals surface area contributed by atoms with Crippen LogP contribution in [-0.2, 0) is 11.3 Å². The van der Waals surface area contributed by atoms with E-state index in [1.54, 1.807) is 30.1 Å². The Bertz CT molecular complexity index is 539. The van der Waals surface area contributed by atoms with Crippen molar-refractivity contribution in [3.8, 4) is 0 Å². The summed E-state index contributed by atoms with van der Waals surface area (Å²) in [6.45, 7) is 3.81. The number of nitro benzene ring substituents is 1. The molecule has 0 aromatic heterocycles. The maximum Gasteiger partial charge on any atom is 0.274 e. The summed E-state index contributed by atoms with van der Waals surface area (Å²) in [6, 6.07) is 6.56. The Morgan fingerprint density at radius 1 is 1.48 bits per heavy atom. The van der Waals surface area contributed by atoms with Crippen molar-refractivity contribution in [2.75, 3.05) is 20.1 Å². The third kappa shape index (κ3) is 3.39. The molecule has 1 unspecified atom stereocenters. The fourth-order valence-corrected chi connectivity index (χ4v) is 2.85. The van der Waals surface area contributed by atoms with Crippen LogP contribution in [0.2, 0.25) is 0 Å². The molecule has 0 spiro atoms. The van der Waals surface area contributed by atoms with Crippen LogP contribution in [0.15, 0.2) is 24.3 Å². The van der Waals surface area contributed by atoms with Crippen molar-refractivity contribution in [2.45, 2.75) is 26.3 Å². The Labute approximate surface area is 124 Å². The Morgan fingerprint density at radius 3 is 2.81 bits per heavy atom. The van der Waals surface area contributed by atoms with E-state index < -0.39 is 10.3 Å². The molecule has 2 rings (SSSR count). The third-order valence-corrected chi connectivity index (χ3v) is 4.06. The predicted molar refractivity (Wildman–Crippen MR) is 79.8 cm³/mol. The molecule has 1 atom stereocenters. The van der Waals surface area contributed by atoms with Gasteiger partial charge in [0.25, 0.3) is 5.69 Å². The Hall–Kier alpha value is -1.95. The van der Waals surface area contributed by atoms with E-state index in [4.69, 9.17) is 0 Å². The summed E-state index contributed by atoms with van der Waals surface area (Å²) in [7, 11) is 1.71. The van der Waals surface area contributed by atoms with Crippen LogP contribution < -0.4 is 5.32 Å². The summed E-state index contributed by atoms with van der Waals surface area (Å²) in [5.74, 6) is 0.0350. The Balaban J connectivity index is 2.12. The van der Waals surface area contributed by atoms with E-state index in [0.717, 1.165) is 19.4 Å². The topological polar surface area (TPSA) is 75.5 Å². The number of hydrogen-bond donors (Lipinski definition) is 1. The highest BCUT2D eigenvalue weighted by atomic mass is 16.6. The Kier molecular flexibility index (Phi) is 4.57. The monoisotopic (exact) mass is 291 g/mol. The van der Waals surface area contributed by atoms with Crippen molar-refractivity contribution >= 4 is 11.6 Å². The van der Waals surface area contributed by atoms with Gasteiger partial charge in [-0.3, -0.25) is 14.9 Å². The number of carbonyl (C=O) groups is 1. The van der Waals surface area contributed by atoms with Gasteiger partial charge < -0.3 is 10.2 Å². The molecule has 6 nitrogen and oxygen atoms in total. The lowest BCUT2D eigenvalue weighted by molar-refractivity contribution is -0.385. The van der Waals surface area contributed by atoms with E-state index in [1.165, 1.54) is 6.07 Å². The van der Waals surface area contributed by atoms with E-state index >= 15 is 0 Å². The maximum atomic E-state index is 12.6. The van der Waals surface area contributed by atoms with Gasteiger partial charge >= 0.3 is 0 Å². The van der Waals surface area contributed by atoms with Gasteiger partial charge in [0.15, 0.2) is 0 Å².